The minimum absolute atomic E-state index is 0.0455. The topological polar surface area (TPSA) is 43.8 Å². The van der Waals surface area contributed by atoms with E-state index in [4.69, 9.17) is 5.73 Å². The molecule has 0 aromatic carbocycles. The molecule has 1 unspecified atom stereocenters. The maximum Gasteiger partial charge on any atom is 0.0912 e. The molecule has 0 saturated heterocycles. The number of rotatable bonds is 5. The second-order valence-corrected chi connectivity index (χ2v) is 3.86. The summed E-state index contributed by atoms with van der Waals surface area (Å²) in [6, 6.07) is 0.0455. The van der Waals surface area contributed by atoms with E-state index in [1.54, 1.807) is 0 Å². The molecule has 0 aliphatic carbocycles. The molecule has 1 aromatic rings. The number of halogens is 1. The van der Waals surface area contributed by atoms with Gasteiger partial charge in [-0.15, -0.1) is 0 Å². The number of nitrogens with zero attached hydrogens (tertiary/aromatic N) is 2. The predicted molar refractivity (Wildman–Crippen MR) is 59.5 cm³/mol. The van der Waals surface area contributed by atoms with E-state index in [0.29, 0.717) is 13.0 Å². The van der Waals surface area contributed by atoms with Gasteiger partial charge >= 0.3 is 0 Å². The Kier molecular flexibility index (Phi) is 4.27. The lowest BCUT2D eigenvalue weighted by atomic mass is 10.0. The molecule has 0 radical (unpaired) electrons. The number of aryl methyl sites for hydroxylation is 2. The highest BCUT2D eigenvalue weighted by atomic mass is 19.1. The first-order valence-corrected chi connectivity index (χ1v) is 5.47. The van der Waals surface area contributed by atoms with Crippen LogP contribution in [0, 0.1) is 13.8 Å². The lowest BCUT2D eigenvalue weighted by Crippen LogP contribution is -2.11. The third kappa shape index (κ3) is 2.56. The zero-order valence-corrected chi connectivity index (χ0v) is 9.76. The van der Waals surface area contributed by atoms with Crippen molar-refractivity contribution in [2.24, 2.45) is 5.73 Å². The van der Waals surface area contributed by atoms with Crippen molar-refractivity contribution in [3.63, 3.8) is 0 Å². The van der Waals surface area contributed by atoms with Crippen LogP contribution >= 0.6 is 0 Å². The van der Waals surface area contributed by atoms with Crippen LogP contribution in [0.25, 0.3) is 0 Å². The summed E-state index contributed by atoms with van der Waals surface area (Å²) in [6.45, 7) is 6.36. The molecule has 1 heterocycles. The quantitative estimate of drug-likeness (QED) is 0.815. The molecule has 0 aliphatic rings. The SMILES string of the molecule is CCC(N)c1c(C)nn(CCCF)c1C. The van der Waals surface area contributed by atoms with Gasteiger partial charge in [-0.3, -0.25) is 9.07 Å². The second-order valence-electron chi connectivity index (χ2n) is 3.86. The Morgan fingerprint density at radius 3 is 2.67 bits per heavy atom. The minimum atomic E-state index is -0.298. The number of nitrogens with two attached hydrogens (primary N) is 1. The molecule has 0 amide bonds. The van der Waals surface area contributed by atoms with Gasteiger partial charge in [-0.25, -0.2) is 0 Å². The Morgan fingerprint density at radius 2 is 2.13 bits per heavy atom. The fourth-order valence-corrected chi connectivity index (χ4v) is 1.88. The van der Waals surface area contributed by atoms with E-state index < -0.39 is 0 Å². The number of alkyl halides is 1. The second kappa shape index (κ2) is 5.26. The molecule has 3 nitrogen and oxygen atoms in total. The van der Waals surface area contributed by atoms with Gasteiger partial charge < -0.3 is 5.73 Å². The van der Waals surface area contributed by atoms with Crippen molar-refractivity contribution in [2.75, 3.05) is 6.67 Å². The summed E-state index contributed by atoms with van der Waals surface area (Å²) in [5, 5.41) is 4.39. The maximum absolute atomic E-state index is 12.1. The lowest BCUT2D eigenvalue weighted by Gasteiger charge is -2.09. The largest absolute Gasteiger partial charge is 0.324 e. The molecule has 2 N–H and O–H groups in total. The van der Waals surface area contributed by atoms with Gasteiger partial charge in [0.2, 0.25) is 0 Å². The lowest BCUT2D eigenvalue weighted by molar-refractivity contribution is 0.431. The Labute approximate surface area is 90.5 Å². The fourth-order valence-electron chi connectivity index (χ4n) is 1.88. The molecule has 0 saturated carbocycles. The van der Waals surface area contributed by atoms with E-state index in [0.717, 1.165) is 23.4 Å². The number of hydrogen-bond acceptors (Lipinski definition) is 2. The van der Waals surface area contributed by atoms with Gasteiger partial charge in [-0.05, 0) is 26.7 Å². The monoisotopic (exact) mass is 213 g/mol. The summed E-state index contributed by atoms with van der Waals surface area (Å²) >= 11 is 0. The zero-order chi connectivity index (χ0) is 11.4. The number of aromatic nitrogens is 2. The van der Waals surface area contributed by atoms with Gasteiger partial charge in [0.1, 0.15) is 0 Å². The molecule has 0 fully saturated rings. The van der Waals surface area contributed by atoms with Crippen LogP contribution in [0.5, 0.6) is 0 Å². The van der Waals surface area contributed by atoms with Crippen LogP contribution in [0.15, 0.2) is 0 Å². The maximum atomic E-state index is 12.1. The fraction of sp³-hybridized carbons (Fsp3) is 0.727. The van der Waals surface area contributed by atoms with E-state index in [9.17, 15) is 4.39 Å². The van der Waals surface area contributed by atoms with Crippen LogP contribution in [0.3, 0.4) is 0 Å². The predicted octanol–water partition coefficient (Wildman–Crippen LogP) is 2.27. The molecular formula is C11H20FN3. The van der Waals surface area contributed by atoms with Gasteiger partial charge in [0.15, 0.2) is 0 Å². The number of hydrogen-bond donors (Lipinski definition) is 1. The summed E-state index contributed by atoms with van der Waals surface area (Å²) in [5.41, 5.74) is 9.18. The molecule has 4 heteroatoms. The van der Waals surface area contributed by atoms with Crippen LogP contribution in [-0.2, 0) is 6.54 Å². The molecule has 15 heavy (non-hydrogen) atoms. The van der Waals surface area contributed by atoms with Gasteiger partial charge in [0.25, 0.3) is 0 Å². The first kappa shape index (κ1) is 12.2. The highest BCUT2D eigenvalue weighted by Crippen LogP contribution is 2.22. The molecule has 1 rings (SSSR count). The normalized spacial score (nSPS) is 13.1. The Hall–Kier alpha value is -0.900. The zero-order valence-electron chi connectivity index (χ0n) is 9.76. The Bertz CT molecular complexity index is 320. The minimum Gasteiger partial charge on any atom is -0.324 e. The average molecular weight is 213 g/mol. The van der Waals surface area contributed by atoms with Crippen molar-refractivity contribution in [1.82, 2.24) is 9.78 Å². The summed E-state index contributed by atoms with van der Waals surface area (Å²) in [7, 11) is 0. The van der Waals surface area contributed by atoms with Crippen molar-refractivity contribution < 1.29 is 4.39 Å². The third-order valence-electron chi connectivity index (χ3n) is 2.75. The van der Waals surface area contributed by atoms with E-state index >= 15 is 0 Å². The Balaban J connectivity index is 2.93. The van der Waals surface area contributed by atoms with Crippen molar-refractivity contribution in [3.05, 3.63) is 17.0 Å². The van der Waals surface area contributed by atoms with E-state index in [1.165, 1.54) is 0 Å². The molecule has 0 bridgehead atoms. The van der Waals surface area contributed by atoms with Gasteiger partial charge in [0.05, 0.1) is 12.4 Å². The highest BCUT2D eigenvalue weighted by molar-refractivity contribution is 5.27. The van der Waals surface area contributed by atoms with E-state index in [1.807, 2.05) is 18.5 Å². The summed E-state index contributed by atoms with van der Waals surface area (Å²) in [6.07, 6.45) is 1.42. The molecule has 86 valence electrons. The highest BCUT2D eigenvalue weighted by Gasteiger charge is 2.16. The molecular weight excluding hydrogens is 193 g/mol. The van der Waals surface area contributed by atoms with Crippen LogP contribution in [0.1, 0.15) is 42.8 Å². The van der Waals surface area contributed by atoms with Crippen molar-refractivity contribution in [2.45, 2.75) is 46.2 Å². The smallest absolute Gasteiger partial charge is 0.0912 e. The standard InChI is InChI=1S/C11H20FN3/c1-4-10(13)11-8(2)14-15(9(11)3)7-5-6-12/h10H,4-7,13H2,1-3H3. The van der Waals surface area contributed by atoms with Crippen LogP contribution in [0.2, 0.25) is 0 Å². The summed E-state index contributed by atoms with van der Waals surface area (Å²) < 4.78 is 13.9. The molecule has 0 aliphatic heterocycles. The van der Waals surface area contributed by atoms with Gasteiger partial charge in [-0.1, -0.05) is 6.92 Å². The van der Waals surface area contributed by atoms with Crippen molar-refractivity contribution >= 4 is 0 Å². The Morgan fingerprint density at radius 1 is 1.47 bits per heavy atom. The van der Waals surface area contributed by atoms with Crippen LogP contribution in [0.4, 0.5) is 4.39 Å². The van der Waals surface area contributed by atoms with Crippen LogP contribution in [-0.4, -0.2) is 16.5 Å². The van der Waals surface area contributed by atoms with Crippen molar-refractivity contribution in [3.8, 4) is 0 Å². The molecule has 0 spiro atoms. The van der Waals surface area contributed by atoms with Crippen LogP contribution < -0.4 is 5.73 Å². The first-order chi connectivity index (χ1) is 7.11. The van der Waals surface area contributed by atoms with E-state index in [2.05, 4.69) is 12.0 Å². The van der Waals surface area contributed by atoms with Crippen molar-refractivity contribution in [1.29, 1.82) is 0 Å². The van der Waals surface area contributed by atoms with Gasteiger partial charge in [0, 0.05) is 23.8 Å². The summed E-state index contributed by atoms with van der Waals surface area (Å²) in [5.74, 6) is 0. The average Bonchev–Trinajstić information content (AvgIpc) is 2.50. The molecule has 1 aromatic heterocycles. The van der Waals surface area contributed by atoms with E-state index in [-0.39, 0.29) is 12.7 Å². The molecule has 1 atom stereocenters. The third-order valence-corrected chi connectivity index (χ3v) is 2.75. The van der Waals surface area contributed by atoms with Gasteiger partial charge in [-0.2, -0.15) is 5.10 Å². The summed E-state index contributed by atoms with van der Waals surface area (Å²) in [4.78, 5) is 0. The first-order valence-electron chi connectivity index (χ1n) is 5.47.